The van der Waals surface area contributed by atoms with Gasteiger partial charge in [-0.3, -0.25) is 14.6 Å². The number of aromatic amines is 1. The minimum atomic E-state index is 0.382. The van der Waals surface area contributed by atoms with E-state index in [-0.39, 0.29) is 0 Å². The minimum Gasteiger partial charge on any atom is -0.456 e. The lowest BCUT2D eigenvalue weighted by Gasteiger charge is -2.42. The lowest BCUT2D eigenvalue weighted by Crippen LogP contribution is -2.52. The van der Waals surface area contributed by atoms with Crippen LogP contribution < -0.4 is 4.74 Å². The molecule has 2 saturated heterocycles. The molecule has 0 spiro atoms. The number of hydrogen-bond acceptors (Lipinski definition) is 7. The number of nitrogens with one attached hydrogen (secondary N) is 1. The standard InChI is InChI=1S/C26H24ClN7O2/c1-15-30-20-3-2-19(6-22(20)31-15)36-24-5-4-21-26(25(24)27)32-23(8-28-21)17-7-29-34(10-17)18-11-33(12-18)9-16-13-35-14-16/h2-8,10,16,18H,9,11-14H2,1H3,(H,30,31). The number of ether oxygens (including phenoxy) is 2. The first-order chi connectivity index (χ1) is 17.6. The van der Waals surface area contributed by atoms with E-state index in [1.165, 1.54) is 0 Å². The van der Waals surface area contributed by atoms with Crippen LogP contribution >= 0.6 is 11.6 Å². The number of H-pyrrole nitrogens is 1. The van der Waals surface area contributed by atoms with Crippen LogP contribution in [-0.4, -0.2) is 67.5 Å². The molecular formula is C26H24ClN7O2. The third-order valence-electron chi connectivity index (χ3n) is 6.85. The zero-order valence-electron chi connectivity index (χ0n) is 19.7. The summed E-state index contributed by atoms with van der Waals surface area (Å²) >= 11 is 6.75. The Morgan fingerprint density at radius 1 is 1.11 bits per heavy atom. The second-order valence-corrected chi connectivity index (χ2v) is 9.97. The van der Waals surface area contributed by atoms with Gasteiger partial charge in [-0.25, -0.2) is 9.97 Å². The molecule has 2 fully saturated rings. The van der Waals surface area contributed by atoms with Crippen LogP contribution in [0.25, 0.3) is 33.3 Å². The van der Waals surface area contributed by atoms with E-state index in [1.54, 1.807) is 6.20 Å². The van der Waals surface area contributed by atoms with E-state index in [4.69, 9.17) is 26.1 Å². The largest absolute Gasteiger partial charge is 0.456 e. The Kier molecular flexibility index (Phi) is 5.16. The van der Waals surface area contributed by atoms with Crippen molar-refractivity contribution < 1.29 is 9.47 Å². The summed E-state index contributed by atoms with van der Waals surface area (Å²) in [6, 6.07) is 9.77. The van der Waals surface area contributed by atoms with Gasteiger partial charge in [0.2, 0.25) is 0 Å². The average Bonchev–Trinajstić information content (AvgIpc) is 3.44. The van der Waals surface area contributed by atoms with Gasteiger partial charge in [-0.1, -0.05) is 11.6 Å². The monoisotopic (exact) mass is 501 g/mol. The van der Waals surface area contributed by atoms with Crippen molar-refractivity contribution in [1.29, 1.82) is 0 Å². The molecule has 0 bridgehead atoms. The highest BCUT2D eigenvalue weighted by molar-refractivity contribution is 6.36. The van der Waals surface area contributed by atoms with Gasteiger partial charge >= 0.3 is 0 Å². The van der Waals surface area contributed by atoms with Crippen molar-refractivity contribution in [2.45, 2.75) is 13.0 Å². The number of aryl methyl sites for hydroxylation is 1. The molecule has 36 heavy (non-hydrogen) atoms. The van der Waals surface area contributed by atoms with Crippen LogP contribution in [0, 0.1) is 12.8 Å². The van der Waals surface area contributed by atoms with E-state index in [0.717, 1.165) is 61.0 Å². The molecule has 0 amide bonds. The molecule has 0 unspecified atom stereocenters. The van der Waals surface area contributed by atoms with E-state index in [1.807, 2.05) is 54.3 Å². The van der Waals surface area contributed by atoms with Crippen LogP contribution in [0.1, 0.15) is 11.9 Å². The number of benzene rings is 2. The van der Waals surface area contributed by atoms with Crippen molar-refractivity contribution >= 4 is 33.7 Å². The fourth-order valence-corrected chi connectivity index (χ4v) is 5.08. The maximum atomic E-state index is 6.75. The average molecular weight is 502 g/mol. The topological polar surface area (TPSA) is 94.0 Å². The van der Waals surface area contributed by atoms with Crippen molar-refractivity contribution in [3.8, 4) is 22.8 Å². The zero-order valence-corrected chi connectivity index (χ0v) is 20.4. The van der Waals surface area contributed by atoms with E-state index >= 15 is 0 Å². The van der Waals surface area contributed by atoms with Gasteiger partial charge in [0.25, 0.3) is 0 Å². The Balaban J connectivity index is 1.12. The van der Waals surface area contributed by atoms with Gasteiger partial charge < -0.3 is 14.5 Å². The predicted octanol–water partition coefficient (Wildman–Crippen LogP) is 4.63. The van der Waals surface area contributed by atoms with Crippen LogP contribution in [0.3, 0.4) is 0 Å². The summed E-state index contributed by atoms with van der Waals surface area (Å²) in [6.45, 7) is 6.84. The zero-order chi connectivity index (χ0) is 24.2. The fraction of sp³-hybridized carbons (Fsp3) is 0.308. The van der Waals surface area contributed by atoms with Gasteiger partial charge in [-0.15, -0.1) is 0 Å². The highest BCUT2D eigenvalue weighted by Crippen LogP contribution is 2.36. The molecule has 2 aliphatic rings. The van der Waals surface area contributed by atoms with Crippen LogP contribution in [0.2, 0.25) is 5.02 Å². The molecule has 0 aliphatic carbocycles. The molecule has 3 aromatic heterocycles. The van der Waals surface area contributed by atoms with E-state index in [0.29, 0.717) is 39.5 Å². The van der Waals surface area contributed by atoms with Gasteiger partial charge in [0.05, 0.1) is 53.9 Å². The maximum absolute atomic E-state index is 6.75. The first-order valence-corrected chi connectivity index (χ1v) is 12.4. The van der Waals surface area contributed by atoms with Crippen molar-refractivity contribution in [2.24, 2.45) is 5.92 Å². The Morgan fingerprint density at radius 2 is 1.97 bits per heavy atom. The second-order valence-electron chi connectivity index (χ2n) is 9.59. The summed E-state index contributed by atoms with van der Waals surface area (Å²) in [5.74, 6) is 2.73. The van der Waals surface area contributed by atoms with Gasteiger partial charge in [-0.05, 0) is 31.2 Å². The molecule has 5 aromatic rings. The Hall–Kier alpha value is -3.53. The van der Waals surface area contributed by atoms with Gasteiger partial charge in [-0.2, -0.15) is 5.10 Å². The molecule has 182 valence electrons. The van der Waals surface area contributed by atoms with E-state index in [9.17, 15) is 0 Å². The second kappa shape index (κ2) is 8.55. The molecule has 5 heterocycles. The molecule has 0 saturated carbocycles. The minimum absolute atomic E-state index is 0.382. The van der Waals surface area contributed by atoms with Gasteiger partial charge in [0.15, 0.2) is 0 Å². The molecule has 7 rings (SSSR count). The number of imidazole rings is 1. The number of rotatable bonds is 6. The number of nitrogens with zero attached hydrogens (tertiary/aromatic N) is 6. The molecule has 0 atom stereocenters. The predicted molar refractivity (Wildman–Crippen MR) is 136 cm³/mol. The third-order valence-corrected chi connectivity index (χ3v) is 7.22. The number of likely N-dealkylation sites (tertiary alicyclic amines) is 1. The molecule has 1 N–H and O–H groups in total. The van der Waals surface area contributed by atoms with Crippen LogP contribution in [0.4, 0.5) is 0 Å². The number of fused-ring (bicyclic) bond motifs is 2. The van der Waals surface area contributed by atoms with Crippen molar-refractivity contribution in [3.05, 3.63) is 59.8 Å². The highest BCUT2D eigenvalue weighted by Gasteiger charge is 2.32. The third kappa shape index (κ3) is 3.89. The molecule has 0 radical (unpaired) electrons. The van der Waals surface area contributed by atoms with Gasteiger partial charge in [0.1, 0.15) is 27.9 Å². The van der Waals surface area contributed by atoms with Crippen molar-refractivity contribution in [3.63, 3.8) is 0 Å². The molecule has 9 nitrogen and oxygen atoms in total. The lowest BCUT2D eigenvalue weighted by atomic mass is 10.0. The molecule has 10 heteroatoms. The van der Waals surface area contributed by atoms with Crippen molar-refractivity contribution in [2.75, 3.05) is 32.8 Å². The SMILES string of the molecule is Cc1nc2ccc(Oc3ccc4ncc(-c5cnn(C6CN(CC7COC7)C6)c5)nc4c3Cl)cc2[nH]1. The summed E-state index contributed by atoms with van der Waals surface area (Å²) in [7, 11) is 0. The fourth-order valence-electron chi connectivity index (χ4n) is 4.84. The van der Waals surface area contributed by atoms with E-state index < -0.39 is 0 Å². The van der Waals surface area contributed by atoms with E-state index in [2.05, 4.69) is 25.0 Å². The van der Waals surface area contributed by atoms with Crippen LogP contribution in [0.5, 0.6) is 11.5 Å². The summed E-state index contributed by atoms with van der Waals surface area (Å²) in [6.07, 6.45) is 5.65. The Labute approximate surface area is 212 Å². The quantitative estimate of drug-likeness (QED) is 0.362. The first-order valence-electron chi connectivity index (χ1n) is 12.0. The summed E-state index contributed by atoms with van der Waals surface area (Å²) in [4.78, 5) is 19.5. The summed E-state index contributed by atoms with van der Waals surface area (Å²) in [5, 5.41) is 5.02. The molecular weight excluding hydrogens is 478 g/mol. The molecule has 2 aliphatic heterocycles. The summed E-state index contributed by atoms with van der Waals surface area (Å²) in [5.41, 5.74) is 4.74. The number of halogens is 1. The Morgan fingerprint density at radius 3 is 2.81 bits per heavy atom. The van der Waals surface area contributed by atoms with Gasteiger partial charge in [0, 0.05) is 43.4 Å². The smallest absolute Gasteiger partial charge is 0.148 e. The first kappa shape index (κ1) is 21.7. The number of hydrogen-bond donors (Lipinski definition) is 1. The van der Waals surface area contributed by atoms with Crippen LogP contribution in [-0.2, 0) is 4.74 Å². The highest BCUT2D eigenvalue weighted by atomic mass is 35.5. The normalized spacial score (nSPS) is 16.9. The van der Waals surface area contributed by atoms with Crippen LogP contribution in [0.15, 0.2) is 48.9 Å². The molecule has 2 aromatic carbocycles. The van der Waals surface area contributed by atoms with Crippen molar-refractivity contribution in [1.82, 2.24) is 34.6 Å². The maximum Gasteiger partial charge on any atom is 0.148 e. The number of aromatic nitrogens is 6. The summed E-state index contributed by atoms with van der Waals surface area (Å²) < 4.78 is 13.4. The lowest BCUT2D eigenvalue weighted by molar-refractivity contribution is -0.0608. The Bertz CT molecular complexity index is 1590.